The monoisotopic (exact) mass is 233 g/mol. The Balaban J connectivity index is 3.23. The number of halogens is 3. The van der Waals surface area contributed by atoms with Crippen LogP contribution in [0.2, 0.25) is 0 Å². The summed E-state index contributed by atoms with van der Waals surface area (Å²) in [5.74, 6) is -0.787. The van der Waals surface area contributed by atoms with Gasteiger partial charge in [0.05, 0.1) is 24.2 Å². The number of rotatable bonds is 2. The first kappa shape index (κ1) is 12.1. The normalized spacial score (nSPS) is 10.9. The van der Waals surface area contributed by atoms with Crippen molar-refractivity contribution in [2.75, 3.05) is 5.73 Å². The van der Waals surface area contributed by atoms with Crippen molar-refractivity contribution in [3.63, 3.8) is 0 Å². The molecule has 0 aliphatic heterocycles. The van der Waals surface area contributed by atoms with Crippen molar-refractivity contribution < 1.29 is 23.0 Å². The molecule has 0 aliphatic rings. The molecular weight excluding hydrogens is 227 g/mol. The Morgan fingerprint density at radius 1 is 1.56 bits per heavy atom. The third-order valence-corrected chi connectivity index (χ3v) is 1.65. The van der Waals surface area contributed by atoms with Gasteiger partial charge < -0.3 is 15.6 Å². The number of aliphatic hydroxyl groups excluding tert-OH is 1. The number of ether oxygens (including phenoxy) is 1. The molecule has 16 heavy (non-hydrogen) atoms. The van der Waals surface area contributed by atoms with Gasteiger partial charge in [-0.1, -0.05) is 0 Å². The van der Waals surface area contributed by atoms with Crippen LogP contribution in [0.3, 0.4) is 0 Å². The van der Waals surface area contributed by atoms with E-state index in [1.165, 1.54) is 6.07 Å². The van der Waals surface area contributed by atoms with Crippen molar-refractivity contribution >= 4 is 5.69 Å². The molecule has 0 amide bonds. The highest BCUT2D eigenvalue weighted by atomic mass is 19.4. The molecule has 0 saturated carbocycles. The number of nitriles is 1. The van der Waals surface area contributed by atoms with E-state index in [9.17, 15) is 13.2 Å². The summed E-state index contributed by atoms with van der Waals surface area (Å²) < 4.78 is 39.3. The van der Waals surface area contributed by atoms with E-state index in [0.717, 1.165) is 0 Å². The zero-order chi connectivity index (χ0) is 12.3. The Morgan fingerprint density at radius 3 is 2.62 bits per heavy atom. The Hall–Kier alpha value is -2.01. The number of nitrogens with zero attached hydrogens (tertiary/aromatic N) is 2. The number of aliphatic hydroxyl groups is 1. The average molecular weight is 233 g/mol. The fraction of sp³-hybridized carbons (Fsp3) is 0.250. The van der Waals surface area contributed by atoms with Crippen LogP contribution in [0, 0.1) is 11.3 Å². The minimum Gasteiger partial charge on any atom is -0.403 e. The maximum absolute atomic E-state index is 11.9. The first-order valence-corrected chi connectivity index (χ1v) is 3.93. The van der Waals surface area contributed by atoms with Crippen LogP contribution in [0.4, 0.5) is 18.9 Å². The third-order valence-electron chi connectivity index (χ3n) is 1.65. The molecule has 1 aromatic rings. The summed E-state index contributed by atoms with van der Waals surface area (Å²) in [5.41, 5.74) is 4.42. The maximum atomic E-state index is 11.9. The predicted molar refractivity (Wildman–Crippen MR) is 46.0 cm³/mol. The van der Waals surface area contributed by atoms with E-state index in [0.29, 0.717) is 6.20 Å². The molecule has 1 heterocycles. The fourth-order valence-electron chi connectivity index (χ4n) is 0.991. The van der Waals surface area contributed by atoms with Crippen LogP contribution in [0.5, 0.6) is 5.75 Å². The van der Waals surface area contributed by atoms with E-state index >= 15 is 0 Å². The van der Waals surface area contributed by atoms with Crippen molar-refractivity contribution in [1.82, 2.24) is 4.98 Å². The van der Waals surface area contributed by atoms with E-state index in [4.69, 9.17) is 16.1 Å². The van der Waals surface area contributed by atoms with Gasteiger partial charge in [-0.25, -0.2) is 0 Å². The van der Waals surface area contributed by atoms with E-state index in [2.05, 4.69) is 9.72 Å². The molecule has 0 fully saturated rings. The van der Waals surface area contributed by atoms with Gasteiger partial charge in [0.1, 0.15) is 11.6 Å². The van der Waals surface area contributed by atoms with Crippen molar-refractivity contribution in [1.29, 1.82) is 5.26 Å². The second-order valence-electron chi connectivity index (χ2n) is 2.68. The van der Waals surface area contributed by atoms with E-state index in [-0.39, 0.29) is 11.4 Å². The standard InChI is InChI=1S/C8H6F3N3O2/c9-8(10,11)16-6-2-14-5(3-15)7(13)4(6)1-12/h2,15H,3,13H2. The van der Waals surface area contributed by atoms with Gasteiger partial charge in [-0.15, -0.1) is 13.2 Å². The third kappa shape index (κ3) is 2.52. The molecule has 86 valence electrons. The summed E-state index contributed by atoms with van der Waals surface area (Å²) >= 11 is 0. The van der Waals surface area contributed by atoms with Crippen LogP contribution in [-0.2, 0) is 6.61 Å². The predicted octanol–water partition coefficient (Wildman–Crippen LogP) is 0.926. The number of nitrogens with two attached hydrogens (primary N) is 1. The Labute approximate surface area is 87.9 Å². The number of hydrogen-bond acceptors (Lipinski definition) is 5. The zero-order valence-electron chi connectivity index (χ0n) is 7.75. The van der Waals surface area contributed by atoms with Crippen LogP contribution in [0.25, 0.3) is 0 Å². The molecule has 0 bridgehead atoms. The van der Waals surface area contributed by atoms with Crippen LogP contribution in [0.15, 0.2) is 6.20 Å². The summed E-state index contributed by atoms with van der Waals surface area (Å²) in [5, 5.41) is 17.4. The number of pyridine rings is 1. The molecule has 0 aliphatic carbocycles. The smallest absolute Gasteiger partial charge is 0.403 e. The maximum Gasteiger partial charge on any atom is 0.573 e. The highest BCUT2D eigenvalue weighted by Gasteiger charge is 2.33. The lowest BCUT2D eigenvalue weighted by molar-refractivity contribution is -0.274. The summed E-state index contributed by atoms with van der Waals surface area (Å²) in [4.78, 5) is 3.44. The average Bonchev–Trinajstić information content (AvgIpc) is 2.16. The number of alkyl halides is 3. The van der Waals surface area contributed by atoms with Crippen molar-refractivity contribution in [2.24, 2.45) is 0 Å². The number of hydrogen-bond donors (Lipinski definition) is 2. The van der Waals surface area contributed by atoms with Gasteiger partial charge in [-0.2, -0.15) is 5.26 Å². The topological polar surface area (TPSA) is 92.2 Å². The quantitative estimate of drug-likeness (QED) is 0.792. The lowest BCUT2D eigenvalue weighted by atomic mass is 10.2. The van der Waals surface area contributed by atoms with Crippen LogP contribution in [0.1, 0.15) is 11.3 Å². The summed E-state index contributed by atoms with van der Waals surface area (Å²) in [7, 11) is 0. The molecule has 5 nitrogen and oxygen atoms in total. The van der Waals surface area contributed by atoms with Gasteiger partial charge in [0.15, 0.2) is 5.75 Å². The SMILES string of the molecule is N#Cc1c(OC(F)(F)F)cnc(CO)c1N. The molecule has 0 saturated heterocycles. The number of aromatic nitrogens is 1. The summed E-state index contributed by atoms with van der Waals surface area (Å²) in [6.07, 6.45) is -4.24. The molecule has 0 unspecified atom stereocenters. The van der Waals surface area contributed by atoms with Crippen molar-refractivity contribution in [2.45, 2.75) is 13.0 Å². The fourth-order valence-corrected chi connectivity index (χ4v) is 0.991. The minimum atomic E-state index is -4.93. The largest absolute Gasteiger partial charge is 0.573 e. The lowest BCUT2D eigenvalue weighted by Crippen LogP contribution is -2.18. The number of nitrogen functional groups attached to an aromatic ring is 1. The Morgan fingerprint density at radius 2 is 2.19 bits per heavy atom. The van der Waals surface area contributed by atoms with E-state index in [1.807, 2.05) is 0 Å². The summed E-state index contributed by atoms with van der Waals surface area (Å²) in [6, 6.07) is 1.46. The zero-order valence-corrected chi connectivity index (χ0v) is 7.75. The highest BCUT2D eigenvalue weighted by molar-refractivity contribution is 5.62. The molecule has 3 N–H and O–H groups in total. The summed E-state index contributed by atoms with van der Waals surface area (Å²) in [6.45, 7) is -0.577. The molecule has 1 rings (SSSR count). The van der Waals surface area contributed by atoms with Crippen molar-refractivity contribution in [3.05, 3.63) is 17.5 Å². The molecule has 1 aromatic heterocycles. The molecule has 0 radical (unpaired) electrons. The van der Waals surface area contributed by atoms with Gasteiger partial charge in [-0.05, 0) is 0 Å². The first-order valence-electron chi connectivity index (χ1n) is 3.93. The second-order valence-corrected chi connectivity index (χ2v) is 2.68. The van der Waals surface area contributed by atoms with Crippen LogP contribution >= 0.6 is 0 Å². The molecule has 8 heteroatoms. The first-order chi connectivity index (χ1) is 7.39. The molecule has 0 atom stereocenters. The lowest BCUT2D eigenvalue weighted by Gasteiger charge is -2.12. The molecule has 0 aromatic carbocycles. The van der Waals surface area contributed by atoms with Gasteiger partial charge in [0, 0.05) is 0 Å². The molecular formula is C8H6F3N3O2. The van der Waals surface area contributed by atoms with Crippen LogP contribution in [-0.4, -0.2) is 16.5 Å². The second kappa shape index (κ2) is 4.24. The van der Waals surface area contributed by atoms with Crippen LogP contribution < -0.4 is 10.5 Å². The number of anilines is 1. The van der Waals surface area contributed by atoms with Crippen molar-refractivity contribution in [3.8, 4) is 11.8 Å². The van der Waals surface area contributed by atoms with Gasteiger partial charge in [0.25, 0.3) is 0 Å². The minimum absolute atomic E-state index is 0.0777. The Kier molecular flexibility index (Phi) is 3.20. The van der Waals surface area contributed by atoms with Gasteiger partial charge in [-0.3, -0.25) is 4.98 Å². The van der Waals surface area contributed by atoms with Gasteiger partial charge >= 0.3 is 6.36 Å². The molecule has 0 spiro atoms. The van der Waals surface area contributed by atoms with E-state index in [1.54, 1.807) is 0 Å². The van der Waals surface area contributed by atoms with Gasteiger partial charge in [0.2, 0.25) is 0 Å². The highest BCUT2D eigenvalue weighted by Crippen LogP contribution is 2.29. The Bertz CT molecular complexity index is 439. The van der Waals surface area contributed by atoms with E-state index < -0.39 is 24.3 Å².